The molecule has 0 spiro atoms. The maximum Gasteiger partial charge on any atom is 0.318 e. The van der Waals surface area contributed by atoms with Crippen molar-refractivity contribution < 1.29 is 28.9 Å². The maximum atomic E-state index is 12.9. The van der Waals surface area contributed by atoms with Crippen molar-refractivity contribution in [3.63, 3.8) is 0 Å². The van der Waals surface area contributed by atoms with Gasteiger partial charge in [-0.2, -0.15) is 0 Å². The molecule has 4 aliphatic rings. The van der Waals surface area contributed by atoms with Crippen molar-refractivity contribution in [2.24, 2.45) is 17.3 Å². The fraction of sp³-hybridized carbons (Fsp3) is 0.700. The highest BCUT2D eigenvalue weighted by molar-refractivity contribution is 6.00. The van der Waals surface area contributed by atoms with Crippen LogP contribution in [0.3, 0.4) is 0 Å². The Hall–Kier alpha value is -1.66. The SMILES string of the molecule is CCC(C)[C@@]1(O)O[C@H]2C[C@@]3(C)OC(=CC3=O)/C(C)=C\[C@H]3OC(=O)[C@@]1(C)[C@H]23. The number of ketones is 1. The van der Waals surface area contributed by atoms with Gasteiger partial charge in [0.25, 0.3) is 0 Å². The van der Waals surface area contributed by atoms with E-state index in [0.717, 1.165) is 5.57 Å². The summed E-state index contributed by atoms with van der Waals surface area (Å²) < 4.78 is 17.8. The zero-order chi connectivity index (χ0) is 19.1. The molecule has 6 heteroatoms. The second kappa shape index (κ2) is 5.20. The minimum Gasteiger partial charge on any atom is -0.479 e. The second-order valence-electron chi connectivity index (χ2n) is 8.52. The summed E-state index contributed by atoms with van der Waals surface area (Å²) in [5, 5.41) is 11.5. The van der Waals surface area contributed by atoms with E-state index in [4.69, 9.17) is 14.2 Å². The van der Waals surface area contributed by atoms with E-state index in [1.807, 2.05) is 26.8 Å². The smallest absolute Gasteiger partial charge is 0.318 e. The lowest BCUT2D eigenvalue weighted by Crippen LogP contribution is -2.53. The van der Waals surface area contributed by atoms with Crippen molar-refractivity contribution in [2.75, 3.05) is 0 Å². The molecule has 26 heavy (non-hydrogen) atoms. The number of rotatable bonds is 2. The molecule has 1 unspecified atom stereocenters. The van der Waals surface area contributed by atoms with E-state index < -0.39 is 35.0 Å². The standard InChI is InChI=1S/C20H26O6/c1-6-11(3)20(23)19(5)16-13(24-17(19)22)7-10(2)12-8-15(21)18(4,25-12)9-14(16)26-20/h7-8,11,13-14,16,23H,6,9H2,1-5H3/b10-7-/t11?,13-,14+,16+,18-,19-,20-/m1/s1. The summed E-state index contributed by atoms with van der Waals surface area (Å²) in [6.07, 6.45) is 3.19. The maximum absolute atomic E-state index is 12.9. The lowest BCUT2D eigenvalue weighted by Gasteiger charge is -2.38. The Kier molecular flexibility index (Phi) is 3.55. The van der Waals surface area contributed by atoms with Crippen LogP contribution in [0.2, 0.25) is 0 Å². The monoisotopic (exact) mass is 362 g/mol. The first-order valence-corrected chi connectivity index (χ1v) is 9.32. The van der Waals surface area contributed by atoms with Gasteiger partial charge in [-0.15, -0.1) is 0 Å². The molecule has 2 fully saturated rings. The van der Waals surface area contributed by atoms with Crippen LogP contribution in [0.5, 0.6) is 0 Å². The highest BCUT2D eigenvalue weighted by Crippen LogP contribution is 2.61. The largest absolute Gasteiger partial charge is 0.479 e. The van der Waals surface area contributed by atoms with Gasteiger partial charge in [-0.3, -0.25) is 9.59 Å². The van der Waals surface area contributed by atoms with Crippen molar-refractivity contribution in [1.82, 2.24) is 0 Å². The molecule has 0 amide bonds. The fourth-order valence-electron chi connectivity index (χ4n) is 5.03. The van der Waals surface area contributed by atoms with Crippen LogP contribution in [0.4, 0.5) is 0 Å². The topological polar surface area (TPSA) is 82.1 Å². The number of carbonyl (C=O) groups is 2. The number of allylic oxidation sites excluding steroid dienone is 1. The third-order valence-electron chi connectivity index (χ3n) is 6.96. The highest BCUT2D eigenvalue weighted by atomic mass is 16.7. The van der Waals surface area contributed by atoms with Gasteiger partial charge in [-0.1, -0.05) is 13.8 Å². The molecule has 142 valence electrons. The Bertz CT molecular complexity index is 753. The van der Waals surface area contributed by atoms with E-state index in [1.165, 1.54) is 6.08 Å². The quantitative estimate of drug-likeness (QED) is 0.759. The Labute approximate surface area is 153 Å². The molecule has 4 heterocycles. The number of fused-ring (bicyclic) bond motifs is 2. The van der Waals surface area contributed by atoms with Crippen molar-refractivity contribution in [3.8, 4) is 0 Å². The van der Waals surface area contributed by atoms with E-state index in [2.05, 4.69) is 0 Å². The Morgan fingerprint density at radius 1 is 1.35 bits per heavy atom. The molecule has 0 saturated carbocycles. The minimum atomic E-state index is -1.64. The molecule has 6 nitrogen and oxygen atoms in total. The van der Waals surface area contributed by atoms with Crippen LogP contribution in [-0.2, 0) is 23.8 Å². The fourth-order valence-corrected chi connectivity index (χ4v) is 5.03. The molecule has 2 bridgehead atoms. The molecule has 2 saturated heterocycles. The zero-order valence-corrected chi connectivity index (χ0v) is 15.9. The molecule has 7 atom stereocenters. The predicted molar refractivity (Wildman–Crippen MR) is 91.7 cm³/mol. The average Bonchev–Trinajstić information content (AvgIpc) is 3.09. The van der Waals surface area contributed by atoms with Gasteiger partial charge in [-0.25, -0.2) is 0 Å². The summed E-state index contributed by atoms with van der Waals surface area (Å²) >= 11 is 0. The van der Waals surface area contributed by atoms with Crippen molar-refractivity contribution in [3.05, 3.63) is 23.5 Å². The van der Waals surface area contributed by atoms with Crippen LogP contribution in [0, 0.1) is 17.3 Å². The summed E-state index contributed by atoms with van der Waals surface area (Å²) in [6, 6.07) is 0. The van der Waals surface area contributed by atoms with Gasteiger partial charge >= 0.3 is 5.97 Å². The van der Waals surface area contributed by atoms with Gasteiger partial charge in [-0.05, 0) is 38.8 Å². The first kappa shape index (κ1) is 17.7. The molecule has 0 aromatic heterocycles. The van der Waals surface area contributed by atoms with Crippen molar-refractivity contribution in [2.45, 2.75) is 71.1 Å². The Morgan fingerprint density at radius 2 is 2.04 bits per heavy atom. The molecule has 0 aromatic carbocycles. The summed E-state index contributed by atoms with van der Waals surface area (Å²) in [7, 11) is 0. The third kappa shape index (κ3) is 1.94. The third-order valence-corrected chi connectivity index (χ3v) is 6.96. The molecule has 0 aromatic rings. The molecule has 4 aliphatic heterocycles. The Balaban J connectivity index is 1.87. The molecular weight excluding hydrogens is 336 g/mol. The lowest BCUT2D eigenvalue weighted by molar-refractivity contribution is -0.267. The van der Waals surface area contributed by atoms with Crippen LogP contribution in [0.15, 0.2) is 23.5 Å². The normalized spacial score (nSPS) is 49.8. The van der Waals surface area contributed by atoms with Gasteiger partial charge in [0.15, 0.2) is 11.4 Å². The van der Waals surface area contributed by atoms with Gasteiger partial charge in [0.05, 0.1) is 6.10 Å². The number of hydrogen-bond donors (Lipinski definition) is 1. The second-order valence-corrected chi connectivity index (χ2v) is 8.52. The molecule has 0 radical (unpaired) electrons. The molecule has 0 aliphatic carbocycles. The summed E-state index contributed by atoms with van der Waals surface area (Å²) in [5.74, 6) is -2.33. The number of esters is 1. The van der Waals surface area contributed by atoms with Gasteiger partial charge < -0.3 is 19.3 Å². The number of hydrogen-bond acceptors (Lipinski definition) is 6. The Morgan fingerprint density at radius 3 is 2.69 bits per heavy atom. The number of ether oxygens (including phenoxy) is 3. The van der Waals surface area contributed by atoms with Crippen LogP contribution in [0.1, 0.15) is 47.5 Å². The van der Waals surface area contributed by atoms with E-state index in [9.17, 15) is 14.7 Å². The van der Waals surface area contributed by atoms with Crippen LogP contribution in [0.25, 0.3) is 0 Å². The van der Waals surface area contributed by atoms with Gasteiger partial charge in [0.2, 0.25) is 5.78 Å². The summed E-state index contributed by atoms with van der Waals surface area (Å²) in [5.41, 5.74) is -1.49. The molecular formula is C20H26O6. The van der Waals surface area contributed by atoms with Crippen LogP contribution < -0.4 is 0 Å². The van der Waals surface area contributed by atoms with Gasteiger partial charge in [0.1, 0.15) is 17.3 Å². The van der Waals surface area contributed by atoms with Gasteiger partial charge in [0, 0.05) is 24.3 Å². The summed E-state index contributed by atoms with van der Waals surface area (Å²) in [6.45, 7) is 9.13. The zero-order valence-electron chi connectivity index (χ0n) is 15.9. The predicted octanol–water partition coefficient (Wildman–Crippen LogP) is 2.26. The molecule has 4 rings (SSSR count). The van der Waals surface area contributed by atoms with Crippen LogP contribution in [-0.4, -0.2) is 40.5 Å². The van der Waals surface area contributed by atoms with E-state index in [1.54, 1.807) is 13.8 Å². The summed E-state index contributed by atoms with van der Waals surface area (Å²) in [4.78, 5) is 25.5. The highest BCUT2D eigenvalue weighted by Gasteiger charge is 2.75. The van der Waals surface area contributed by atoms with E-state index in [-0.39, 0.29) is 24.0 Å². The van der Waals surface area contributed by atoms with E-state index >= 15 is 0 Å². The van der Waals surface area contributed by atoms with E-state index in [0.29, 0.717) is 12.2 Å². The average molecular weight is 362 g/mol. The van der Waals surface area contributed by atoms with Crippen LogP contribution >= 0.6 is 0 Å². The number of carbonyl (C=O) groups excluding carboxylic acids is 2. The van der Waals surface area contributed by atoms with Crippen molar-refractivity contribution in [1.29, 1.82) is 0 Å². The first-order valence-electron chi connectivity index (χ1n) is 9.32. The number of aliphatic hydroxyl groups is 1. The molecule has 1 N–H and O–H groups in total. The first-order chi connectivity index (χ1) is 12.1. The van der Waals surface area contributed by atoms with Crippen molar-refractivity contribution >= 4 is 11.8 Å². The lowest BCUT2D eigenvalue weighted by atomic mass is 9.66. The minimum absolute atomic E-state index is 0.117.